The van der Waals surface area contributed by atoms with Crippen LogP contribution < -0.4 is 10.1 Å². The highest BCUT2D eigenvalue weighted by Crippen LogP contribution is 2.12. The number of rotatable bonds is 9. The van der Waals surface area contributed by atoms with Gasteiger partial charge in [0.15, 0.2) is 0 Å². The van der Waals surface area contributed by atoms with Crippen LogP contribution in [0.1, 0.15) is 12.5 Å². The Morgan fingerprint density at radius 1 is 1.26 bits per heavy atom. The lowest BCUT2D eigenvalue weighted by Crippen LogP contribution is -2.35. The van der Waals surface area contributed by atoms with Crippen molar-refractivity contribution in [1.29, 1.82) is 0 Å². The molecule has 0 aliphatic carbocycles. The number of nitrogens with one attached hydrogen (secondary N) is 1. The van der Waals surface area contributed by atoms with E-state index in [1.165, 1.54) is 5.56 Å². The van der Waals surface area contributed by atoms with Crippen LogP contribution >= 0.6 is 0 Å². The summed E-state index contributed by atoms with van der Waals surface area (Å²) in [5.74, 6) is 0.924. The summed E-state index contributed by atoms with van der Waals surface area (Å²) in [6.45, 7) is 5.36. The first-order valence-corrected chi connectivity index (χ1v) is 6.73. The van der Waals surface area contributed by atoms with Gasteiger partial charge in [0.25, 0.3) is 0 Å². The fourth-order valence-electron chi connectivity index (χ4n) is 1.80. The normalized spacial score (nSPS) is 12.7. The second-order valence-electron chi connectivity index (χ2n) is 4.81. The molecule has 108 valence electrons. The van der Waals surface area contributed by atoms with Gasteiger partial charge in [0.2, 0.25) is 0 Å². The molecule has 0 amide bonds. The zero-order valence-electron chi connectivity index (χ0n) is 12.5. The van der Waals surface area contributed by atoms with Gasteiger partial charge in [-0.3, -0.25) is 4.90 Å². The van der Waals surface area contributed by atoms with Crippen LogP contribution in [0.25, 0.3) is 0 Å². The third kappa shape index (κ3) is 6.05. The zero-order chi connectivity index (χ0) is 14.1. The van der Waals surface area contributed by atoms with E-state index in [1.807, 2.05) is 19.2 Å². The van der Waals surface area contributed by atoms with Gasteiger partial charge in [0.1, 0.15) is 12.4 Å². The van der Waals surface area contributed by atoms with E-state index in [0.717, 1.165) is 25.4 Å². The summed E-state index contributed by atoms with van der Waals surface area (Å²) in [6.07, 6.45) is 0. The van der Waals surface area contributed by atoms with Crippen LogP contribution in [0.2, 0.25) is 0 Å². The number of methoxy groups -OCH3 is 1. The third-order valence-corrected chi connectivity index (χ3v) is 3.18. The molecular weight excluding hydrogens is 240 g/mol. The number of ether oxygens (including phenoxy) is 2. The molecule has 0 aliphatic heterocycles. The topological polar surface area (TPSA) is 33.7 Å². The molecule has 0 heterocycles. The predicted octanol–water partition coefficient (Wildman–Crippen LogP) is 1.75. The van der Waals surface area contributed by atoms with E-state index in [2.05, 4.69) is 36.3 Å². The van der Waals surface area contributed by atoms with Gasteiger partial charge in [0, 0.05) is 26.2 Å². The van der Waals surface area contributed by atoms with Crippen LogP contribution in [-0.2, 0) is 11.3 Å². The van der Waals surface area contributed by atoms with Gasteiger partial charge in [0.05, 0.1) is 6.61 Å². The Balaban J connectivity index is 2.28. The summed E-state index contributed by atoms with van der Waals surface area (Å²) in [7, 11) is 5.76. The van der Waals surface area contributed by atoms with Crippen molar-refractivity contribution >= 4 is 0 Å². The van der Waals surface area contributed by atoms with E-state index in [9.17, 15) is 0 Å². The van der Waals surface area contributed by atoms with Crippen LogP contribution in [0.4, 0.5) is 0 Å². The Labute approximate surface area is 116 Å². The lowest BCUT2D eigenvalue weighted by atomic mass is 10.2. The van der Waals surface area contributed by atoms with Crippen LogP contribution in [0, 0.1) is 0 Å². The Kier molecular flexibility index (Phi) is 7.48. The highest BCUT2D eigenvalue weighted by atomic mass is 16.5. The molecule has 0 saturated heterocycles. The SMILES string of the molecule is CNCc1ccc(OCCN(C)C(C)COC)cc1. The van der Waals surface area contributed by atoms with Crippen molar-refractivity contribution in [3.8, 4) is 5.75 Å². The summed E-state index contributed by atoms with van der Waals surface area (Å²) in [5, 5.41) is 3.13. The second kappa shape index (κ2) is 8.91. The van der Waals surface area contributed by atoms with Gasteiger partial charge in [-0.2, -0.15) is 0 Å². The maximum absolute atomic E-state index is 5.74. The summed E-state index contributed by atoms with van der Waals surface area (Å²) in [4.78, 5) is 2.23. The molecule has 4 nitrogen and oxygen atoms in total. The number of hydrogen-bond acceptors (Lipinski definition) is 4. The molecule has 1 rings (SSSR count). The average Bonchev–Trinajstić information content (AvgIpc) is 2.41. The molecule has 0 aliphatic rings. The fraction of sp³-hybridized carbons (Fsp3) is 0.600. The maximum atomic E-state index is 5.74. The summed E-state index contributed by atoms with van der Waals surface area (Å²) in [5.41, 5.74) is 1.26. The molecule has 0 bridgehead atoms. The molecule has 1 aromatic carbocycles. The number of hydrogen-bond donors (Lipinski definition) is 1. The Morgan fingerprint density at radius 2 is 1.95 bits per heavy atom. The molecule has 1 N–H and O–H groups in total. The molecule has 1 unspecified atom stereocenters. The third-order valence-electron chi connectivity index (χ3n) is 3.18. The number of likely N-dealkylation sites (N-methyl/N-ethyl adjacent to an activating group) is 1. The Hall–Kier alpha value is -1.10. The summed E-state index contributed by atoms with van der Waals surface area (Å²) < 4.78 is 10.9. The highest BCUT2D eigenvalue weighted by Gasteiger charge is 2.08. The van der Waals surface area contributed by atoms with Crippen molar-refractivity contribution in [3.05, 3.63) is 29.8 Å². The van der Waals surface area contributed by atoms with Crippen molar-refractivity contribution in [2.24, 2.45) is 0 Å². The van der Waals surface area contributed by atoms with Crippen LogP contribution in [0.3, 0.4) is 0 Å². The first-order valence-electron chi connectivity index (χ1n) is 6.73. The quantitative estimate of drug-likeness (QED) is 0.738. The number of nitrogens with zero attached hydrogens (tertiary/aromatic N) is 1. The first kappa shape index (κ1) is 16.0. The predicted molar refractivity (Wildman–Crippen MR) is 78.7 cm³/mol. The molecule has 0 aromatic heterocycles. The van der Waals surface area contributed by atoms with E-state index in [4.69, 9.17) is 9.47 Å². The van der Waals surface area contributed by atoms with Crippen LogP contribution in [0.15, 0.2) is 24.3 Å². The van der Waals surface area contributed by atoms with Gasteiger partial charge in [-0.25, -0.2) is 0 Å². The second-order valence-corrected chi connectivity index (χ2v) is 4.81. The van der Waals surface area contributed by atoms with Gasteiger partial charge >= 0.3 is 0 Å². The maximum Gasteiger partial charge on any atom is 0.119 e. The van der Waals surface area contributed by atoms with Crippen LogP contribution in [-0.4, -0.2) is 51.9 Å². The average molecular weight is 266 g/mol. The van der Waals surface area contributed by atoms with Crippen LogP contribution in [0.5, 0.6) is 5.75 Å². The molecular formula is C15H26N2O2. The molecule has 4 heteroatoms. The lowest BCUT2D eigenvalue weighted by Gasteiger charge is -2.23. The lowest BCUT2D eigenvalue weighted by molar-refractivity contribution is 0.105. The van der Waals surface area contributed by atoms with E-state index in [0.29, 0.717) is 12.6 Å². The van der Waals surface area contributed by atoms with Crippen molar-refractivity contribution < 1.29 is 9.47 Å². The van der Waals surface area contributed by atoms with E-state index in [1.54, 1.807) is 7.11 Å². The van der Waals surface area contributed by atoms with E-state index in [-0.39, 0.29) is 0 Å². The van der Waals surface area contributed by atoms with E-state index < -0.39 is 0 Å². The minimum absolute atomic E-state index is 0.409. The van der Waals surface area contributed by atoms with Gasteiger partial charge < -0.3 is 14.8 Å². The monoisotopic (exact) mass is 266 g/mol. The molecule has 0 radical (unpaired) electrons. The van der Waals surface area contributed by atoms with Crippen molar-refractivity contribution in [1.82, 2.24) is 10.2 Å². The van der Waals surface area contributed by atoms with Crippen molar-refractivity contribution in [3.63, 3.8) is 0 Å². The van der Waals surface area contributed by atoms with Crippen molar-refractivity contribution in [2.45, 2.75) is 19.5 Å². The molecule has 0 fully saturated rings. The smallest absolute Gasteiger partial charge is 0.119 e. The summed E-state index contributed by atoms with van der Waals surface area (Å²) in [6, 6.07) is 8.62. The Bertz CT molecular complexity index is 341. The molecule has 0 spiro atoms. The standard InChI is InChI=1S/C15H26N2O2/c1-13(12-18-4)17(3)9-10-19-15-7-5-14(6-8-15)11-16-2/h5-8,13,16H,9-12H2,1-4H3. The minimum Gasteiger partial charge on any atom is -0.492 e. The molecule has 19 heavy (non-hydrogen) atoms. The molecule has 1 aromatic rings. The van der Waals surface area contributed by atoms with E-state index >= 15 is 0 Å². The Morgan fingerprint density at radius 3 is 2.53 bits per heavy atom. The zero-order valence-corrected chi connectivity index (χ0v) is 12.5. The van der Waals surface area contributed by atoms with Gasteiger partial charge in [-0.1, -0.05) is 12.1 Å². The minimum atomic E-state index is 0.409. The number of benzene rings is 1. The molecule has 0 saturated carbocycles. The first-order chi connectivity index (χ1) is 9.17. The highest BCUT2D eigenvalue weighted by molar-refractivity contribution is 5.27. The van der Waals surface area contributed by atoms with Gasteiger partial charge in [-0.15, -0.1) is 0 Å². The summed E-state index contributed by atoms with van der Waals surface area (Å²) >= 11 is 0. The van der Waals surface area contributed by atoms with Gasteiger partial charge in [-0.05, 0) is 38.7 Å². The largest absolute Gasteiger partial charge is 0.492 e. The molecule has 1 atom stereocenters. The van der Waals surface area contributed by atoms with Crippen molar-refractivity contribution in [2.75, 3.05) is 41.0 Å². The fourth-order valence-corrected chi connectivity index (χ4v) is 1.80.